The summed E-state index contributed by atoms with van der Waals surface area (Å²) in [4.78, 5) is 9.62. The van der Waals surface area contributed by atoms with Gasteiger partial charge in [-0.1, -0.05) is 6.08 Å². The second-order valence-electron chi connectivity index (χ2n) is 1.18. The Bertz CT molecular complexity index is 95.8. The van der Waals surface area contributed by atoms with Crippen LogP contribution in [0.15, 0.2) is 12.2 Å². The van der Waals surface area contributed by atoms with Crippen molar-refractivity contribution in [2.45, 2.75) is 0 Å². The first-order valence-corrected chi connectivity index (χ1v) is 2.14. The molecule has 0 aromatic carbocycles. The molecule has 0 saturated carbocycles. The van der Waals surface area contributed by atoms with Gasteiger partial charge in [-0.25, -0.2) is 9.90 Å². The summed E-state index contributed by atoms with van der Waals surface area (Å²) in [6, 6.07) is 0. The first kappa shape index (κ1) is 7.17. The van der Waals surface area contributed by atoms with Crippen LogP contribution in [-0.2, 0) is 14.6 Å². The fourth-order valence-electron chi connectivity index (χ4n) is 0.241. The molecular weight excluding hydrogens is 108 g/mol. The minimum atomic E-state index is -1.19. The van der Waals surface area contributed by atoms with Crippen LogP contribution < -0.4 is 0 Å². The number of rotatable bonds is 3. The molecule has 0 N–H and O–H groups in total. The lowest BCUT2D eigenvalue weighted by atomic mass is 10.5. The predicted octanol–water partition coefficient (Wildman–Crippen LogP) is 0.146. The molecule has 0 rings (SSSR count). The fourth-order valence-corrected chi connectivity index (χ4v) is 0.241. The molecule has 0 heterocycles. The summed E-state index contributed by atoms with van der Waals surface area (Å²) in [6.45, 7) is 0.313. The van der Waals surface area contributed by atoms with Crippen LogP contribution in [0.3, 0.4) is 0 Å². The number of carbonyl (C=O) groups excluding carboxylic acids is 1. The lowest BCUT2D eigenvalue weighted by Gasteiger charge is -1.82. The normalized spacial score (nSPS) is 10.1. The van der Waals surface area contributed by atoms with Crippen molar-refractivity contribution in [2.24, 2.45) is 0 Å². The third-order valence-electron chi connectivity index (χ3n) is 0.517. The lowest BCUT2D eigenvalue weighted by Crippen LogP contribution is -1.86. The van der Waals surface area contributed by atoms with Crippen molar-refractivity contribution < 1.29 is 14.6 Å². The standard InChI is InChI=1S/C5H7O3/c1-8-4-2-3-5(6)7/h2-3H,4H2,1H3/b3-2+. The molecular formula is C5H7O3. The zero-order valence-electron chi connectivity index (χ0n) is 4.59. The summed E-state index contributed by atoms with van der Waals surface area (Å²) < 4.78 is 4.51. The largest absolute Gasteiger partial charge is 0.381 e. The molecule has 0 aromatic heterocycles. The van der Waals surface area contributed by atoms with E-state index in [0.717, 1.165) is 6.08 Å². The molecule has 0 aliphatic heterocycles. The molecule has 0 aliphatic carbocycles. The number of ether oxygens (including phenoxy) is 1. The Morgan fingerprint density at radius 2 is 2.38 bits per heavy atom. The molecule has 0 amide bonds. The number of carbonyl (C=O) groups is 1. The second-order valence-corrected chi connectivity index (χ2v) is 1.18. The second kappa shape index (κ2) is 4.33. The van der Waals surface area contributed by atoms with Gasteiger partial charge in [0.25, 0.3) is 0 Å². The van der Waals surface area contributed by atoms with Gasteiger partial charge < -0.3 is 4.74 Å². The molecule has 8 heavy (non-hydrogen) atoms. The van der Waals surface area contributed by atoms with Gasteiger partial charge >= 0.3 is 5.97 Å². The van der Waals surface area contributed by atoms with E-state index in [1.54, 1.807) is 0 Å². The van der Waals surface area contributed by atoms with E-state index in [1.807, 2.05) is 0 Å². The van der Waals surface area contributed by atoms with Crippen molar-refractivity contribution in [3.05, 3.63) is 12.2 Å². The molecule has 3 nitrogen and oxygen atoms in total. The van der Waals surface area contributed by atoms with Gasteiger partial charge in [-0.05, 0) is 0 Å². The Morgan fingerprint density at radius 3 is 2.75 bits per heavy atom. The van der Waals surface area contributed by atoms with Crippen LogP contribution in [0, 0.1) is 0 Å². The molecule has 0 saturated heterocycles. The third-order valence-corrected chi connectivity index (χ3v) is 0.517. The maximum Gasteiger partial charge on any atom is 0.378 e. The number of hydrogen-bond acceptors (Lipinski definition) is 2. The molecule has 0 atom stereocenters. The van der Waals surface area contributed by atoms with E-state index in [1.165, 1.54) is 13.2 Å². The minimum absolute atomic E-state index is 0.313. The van der Waals surface area contributed by atoms with E-state index in [4.69, 9.17) is 0 Å². The molecule has 1 radical (unpaired) electrons. The van der Waals surface area contributed by atoms with E-state index < -0.39 is 5.97 Å². The molecule has 0 aliphatic rings. The molecule has 0 bridgehead atoms. The highest BCUT2D eigenvalue weighted by Gasteiger charge is 1.85. The summed E-state index contributed by atoms with van der Waals surface area (Å²) in [5.74, 6) is -1.19. The Hall–Kier alpha value is -0.830. The average molecular weight is 115 g/mol. The summed E-state index contributed by atoms with van der Waals surface area (Å²) >= 11 is 0. The van der Waals surface area contributed by atoms with Crippen molar-refractivity contribution in [1.29, 1.82) is 0 Å². The Morgan fingerprint density at radius 1 is 1.75 bits per heavy atom. The van der Waals surface area contributed by atoms with Gasteiger partial charge in [0.05, 0.1) is 6.61 Å². The molecule has 0 spiro atoms. The van der Waals surface area contributed by atoms with Gasteiger partial charge in [0, 0.05) is 13.2 Å². The average Bonchev–Trinajstić information content (AvgIpc) is 1.66. The molecule has 45 valence electrons. The van der Waals surface area contributed by atoms with Crippen LogP contribution >= 0.6 is 0 Å². The van der Waals surface area contributed by atoms with E-state index in [0.29, 0.717) is 6.61 Å². The first-order chi connectivity index (χ1) is 3.77. The van der Waals surface area contributed by atoms with Crippen molar-refractivity contribution in [3.8, 4) is 0 Å². The summed E-state index contributed by atoms with van der Waals surface area (Å²) in [6.07, 6.45) is 2.30. The smallest absolute Gasteiger partial charge is 0.378 e. The fraction of sp³-hybridized carbons (Fsp3) is 0.400. The maximum atomic E-state index is 9.62. The van der Waals surface area contributed by atoms with Crippen molar-refractivity contribution >= 4 is 5.97 Å². The van der Waals surface area contributed by atoms with Gasteiger partial charge in [0.1, 0.15) is 0 Å². The van der Waals surface area contributed by atoms with Crippen LogP contribution in [0.25, 0.3) is 0 Å². The van der Waals surface area contributed by atoms with Gasteiger partial charge in [-0.15, -0.1) is 0 Å². The maximum absolute atomic E-state index is 9.62. The highest BCUT2D eigenvalue weighted by molar-refractivity contribution is 5.79. The van der Waals surface area contributed by atoms with Gasteiger partial charge in [0.15, 0.2) is 0 Å². The van der Waals surface area contributed by atoms with Crippen LogP contribution in [0.1, 0.15) is 0 Å². The SMILES string of the molecule is COC/C=C/C([O])=O. The Labute approximate surface area is 47.6 Å². The topological polar surface area (TPSA) is 46.2 Å². The Kier molecular flexibility index (Phi) is 3.88. The number of methoxy groups -OCH3 is 1. The van der Waals surface area contributed by atoms with Crippen LogP contribution in [0.2, 0.25) is 0 Å². The van der Waals surface area contributed by atoms with E-state index in [-0.39, 0.29) is 0 Å². The van der Waals surface area contributed by atoms with Gasteiger partial charge in [-0.3, -0.25) is 0 Å². The van der Waals surface area contributed by atoms with Crippen LogP contribution in [0.5, 0.6) is 0 Å². The quantitative estimate of drug-likeness (QED) is 0.491. The predicted molar refractivity (Wildman–Crippen MR) is 26.7 cm³/mol. The molecule has 0 fully saturated rings. The molecule has 3 heteroatoms. The monoisotopic (exact) mass is 115 g/mol. The number of hydrogen-bond donors (Lipinski definition) is 0. The van der Waals surface area contributed by atoms with E-state index >= 15 is 0 Å². The zero-order valence-corrected chi connectivity index (χ0v) is 4.59. The zero-order chi connectivity index (χ0) is 6.41. The highest BCUT2D eigenvalue weighted by Crippen LogP contribution is 1.73. The van der Waals surface area contributed by atoms with Crippen molar-refractivity contribution in [3.63, 3.8) is 0 Å². The molecule has 0 aromatic rings. The van der Waals surface area contributed by atoms with E-state index in [2.05, 4.69) is 4.74 Å². The van der Waals surface area contributed by atoms with Crippen LogP contribution in [-0.4, -0.2) is 19.7 Å². The van der Waals surface area contributed by atoms with Gasteiger partial charge in [0.2, 0.25) is 0 Å². The van der Waals surface area contributed by atoms with Gasteiger partial charge in [-0.2, -0.15) is 0 Å². The lowest BCUT2D eigenvalue weighted by molar-refractivity contribution is -0.137. The summed E-state index contributed by atoms with van der Waals surface area (Å²) in [7, 11) is 1.49. The summed E-state index contributed by atoms with van der Waals surface area (Å²) in [5.41, 5.74) is 0. The molecule has 0 unspecified atom stereocenters. The highest BCUT2D eigenvalue weighted by atomic mass is 16.5. The van der Waals surface area contributed by atoms with Crippen molar-refractivity contribution in [2.75, 3.05) is 13.7 Å². The third kappa shape index (κ3) is 5.17. The Balaban J connectivity index is 3.20. The van der Waals surface area contributed by atoms with Crippen LogP contribution in [0.4, 0.5) is 0 Å². The first-order valence-electron chi connectivity index (χ1n) is 2.14. The van der Waals surface area contributed by atoms with E-state index in [9.17, 15) is 9.90 Å². The van der Waals surface area contributed by atoms with Crippen molar-refractivity contribution in [1.82, 2.24) is 0 Å². The summed E-state index contributed by atoms with van der Waals surface area (Å²) in [5, 5.41) is 9.62. The minimum Gasteiger partial charge on any atom is -0.381 e.